The van der Waals surface area contributed by atoms with E-state index in [1.54, 1.807) is 13.2 Å². The monoisotopic (exact) mass is 127 g/mol. The van der Waals surface area contributed by atoms with Gasteiger partial charge in [0.05, 0.1) is 12.8 Å². The Morgan fingerprint density at radius 1 is 1.78 bits per heavy atom. The predicted molar refractivity (Wildman–Crippen MR) is 38.7 cm³/mol. The van der Waals surface area contributed by atoms with Crippen LogP contribution in [0.3, 0.4) is 0 Å². The molecule has 0 saturated heterocycles. The summed E-state index contributed by atoms with van der Waals surface area (Å²) in [6, 6.07) is 0. The molecule has 0 rings (SSSR count). The van der Waals surface area contributed by atoms with Crippen molar-refractivity contribution in [1.29, 1.82) is 0 Å². The molecule has 9 heavy (non-hydrogen) atoms. The zero-order valence-electron chi connectivity index (χ0n) is 5.98. The predicted octanol–water partition coefficient (Wildman–Crippen LogP) is 1.40. The molecule has 0 fully saturated rings. The van der Waals surface area contributed by atoms with E-state index in [4.69, 9.17) is 10.5 Å². The van der Waals surface area contributed by atoms with Crippen LogP contribution in [0.25, 0.3) is 0 Å². The first-order valence-corrected chi connectivity index (χ1v) is 2.91. The number of ether oxygens (including phenoxy) is 1. The molecule has 0 radical (unpaired) electrons. The van der Waals surface area contributed by atoms with Gasteiger partial charge < -0.3 is 10.5 Å². The van der Waals surface area contributed by atoms with Gasteiger partial charge in [-0.25, -0.2) is 0 Å². The van der Waals surface area contributed by atoms with E-state index in [9.17, 15) is 0 Å². The SMILES string of the molecule is C=C/C(N)=C(\CC)OC. The van der Waals surface area contributed by atoms with E-state index in [0.717, 1.165) is 12.2 Å². The van der Waals surface area contributed by atoms with Crippen LogP contribution in [0, 0.1) is 0 Å². The molecule has 52 valence electrons. The van der Waals surface area contributed by atoms with E-state index in [-0.39, 0.29) is 0 Å². The smallest absolute Gasteiger partial charge is 0.118 e. The zero-order valence-corrected chi connectivity index (χ0v) is 5.98. The van der Waals surface area contributed by atoms with E-state index >= 15 is 0 Å². The lowest BCUT2D eigenvalue weighted by Crippen LogP contribution is -2.00. The lowest BCUT2D eigenvalue weighted by atomic mass is 10.3. The Kier molecular flexibility index (Phi) is 3.60. The highest BCUT2D eigenvalue weighted by Crippen LogP contribution is 2.04. The minimum Gasteiger partial charge on any atom is -0.499 e. The molecule has 0 saturated carbocycles. The largest absolute Gasteiger partial charge is 0.499 e. The quantitative estimate of drug-likeness (QED) is 0.459. The van der Waals surface area contributed by atoms with Crippen molar-refractivity contribution in [2.45, 2.75) is 13.3 Å². The summed E-state index contributed by atoms with van der Waals surface area (Å²) < 4.78 is 4.94. The molecule has 0 atom stereocenters. The van der Waals surface area contributed by atoms with Gasteiger partial charge in [-0.2, -0.15) is 0 Å². The summed E-state index contributed by atoms with van der Waals surface area (Å²) in [5.41, 5.74) is 6.10. The molecule has 0 aliphatic heterocycles. The first-order valence-electron chi connectivity index (χ1n) is 2.91. The third-order valence-electron chi connectivity index (χ3n) is 1.11. The van der Waals surface area contributed by atoms with Crippen LogP contribution in [-0.4, -0.2) is 7.11 Å². The number of rotatable bonds is 3. The number of hydrogen-bond donors (Lipinski definition) is 1. The van der Waals surface area contributed by atoms with Crippen LogP contribution in [0.5, 0.6) is 0 Å². The van der Waals surface area contributed by atoms with Gasteiger partial charge in [0, 0.05) is 6.42 Å². The third-order valence-corrected chi connectivity index (χ3v) is 1.11. The second-order valence-corrected chi connectivity index (χ2v) is 1.64. The lowest BCUT2D eigenvalue weighted by Gasteiger charge is -2.03. The van der Waals surface area contributed by atoms with E-state index in [1.165, 1.54) is 0 Å². The highest BCUT2D eigenvalue weighted by Gasteiger charge is 1.94. The molecule has 2 heteroatoms. The summed E-state index contributed by atoms with van der Waals surface area (Å²) in [6.45, 7) is 5.50. The Labute approximate surface area is 56.0 Å². The van der Waals surface area contributed by atoms with Crippen LogP contribution < -0.4 is 5.73 Å². The van der Waals surface area contributed by atoms with Crippen LogP contribution in [-0.2, 0) is 4.74 Å². The molecule has 2 N–H and O–H groups in total. The Bertz CT molecular complexity index is 121. The Hall–Kier alpha value is -0.920. The second-order valence-electron chi connectivity index (χ2n) is 1.64. The van der Waals surface area contributed by atoms with Gasteiger partial charge in [-0.15, -0.1) is 0 Å². The summed E-state index contributed by atoms with van der Waals surface area (Å²) in [7, 11) is 1.61. The third kappa shape index (κ3) is 2.22. The molecule has 0 aliphatic carbocycles. The van der Waals surface area contributed by atoms with Gasteiger partial charge in [-0.3, -0.25) is 0 Å². The topological polar surface area (TPSA) is 35.2 Å². The normalized spacial score (nSPS) is 12.2. The molecule has 0 aromatic rings. The van der Waals surface area contributed by atoms with Crippen LogP contribution in [0.1, 0.15) is 13.3 Å². The van der Waals surface area contributed by atoms with Crippen molar-refractivity contribution in [3.05, 3.63) is 24.1 Å². The first kappa shape index (κ1) is 8.08. The van der Waals surface area contributed by atoms with Gasteiger partial charge >= 0.3 is 0 Å². The molecule has 0 aromatic heterocycles. The number of nitrogens with two attached hydrogens (primary N) is 1. The summed E-state index contributed by atoms with van der Waals surface area (Å²) in [6.07, 6.45) is 2.40. The van der Waals surface area contributed by atoms with Crippen LogP contribution in [0.15, 0.2) is 24.1 Å². The van der Waals surface area contributed by atoms with E-state index < -0.39 is 0 Å². The molecule has 2 nitrogen and oxygen atoms in total. The van der Waals surface area contributed by atoms with Gasteiger partial charge in [0.2, 0.25) is 0 Å². The lowest BCUT2D eigenvalue weighted by molar-refractivity contribution is 0.276. The van der Waals surface area contributed by atoms with Crippen molar-refractivity contribution in [3.63, 3.8) is 0 Å². The van der Waals surface area contributed by atoms with Crippen molar-refractivity contribution in [2.24, 2.45) is 5.73 Å². The van der Waals surface area contributed by atoms with Crippen molar-refractivity contribution in [3.8, 4) is 0 Å². The van der Waals surface area contributed by atoms with E-state index in [2.05, 4.69) is 6.58 Å². The van der Waals surface area contributed by atoms with Crippen LogP contribution >= 0.6 is 0 Å². The molecule has 0 bridgehead atoms. The van der Waals surface area contributed by atoms with Crippen LogP contribution in [0.2, 0.25) is 0 Å². The maximum Gasteiger partial charge on any atom is 0.118 e. The van der Waals surface area contributed by atoms with Gasteiger partial charge in [0.1, 0.15) is 5.76 Å². The summed E-state index contributed by atoms with van der Waals surface area (Å²) in [5.74, 6) is 0.796. The van der Waals surface area contributed by atoms with Crippen molar-refractivity contribution >= 4 is 0 Å². The molecule has 0 spiro atoms. The van der Waals surface area contributed by atoms with Gasteiger partial charge in [-0.1, -0.05) is 13.5 Å². The fraction of sp³-hybridized carbons (Fsp3) is 0.429. The summed E-state index contributed by atoms with van der Waals surface area (Å²) in [5, 5.41) is 0. The Morgan fingerprint density at radius 2 is 2.33 bits per heavy atom. The summed E-state index contributed by atoms with van der Waals surface area (Å²) >= 11 is 0. The van der Waals surface area contributed by atoms with Crippen LogP contribution in [0.4, 0.5) is 0 Å². The molecule has 0 aromatic carbocycles. The maximum absolute atomic E-state index is 5.47. The van der Waals surface area contributed by atoms with Crippen molar-refractivity contribution in [1.82, 2.24) is 0 Å². The Balaban J connectivity index is 4.17. The molecular formula is C7H13NO. The molecular weight excluding hydrogens is 114 g/mol. The molecule has 0 aliphatic rings. The minimum atomic E-state index is 0.625. The highest BCUT2D eigenvalue weighted by atomic mass is 16.5. The van der Waals surface area contributed by atoms with Gasteiger partial charge in [-0.05, 0) is 6.08 Å². The van der Waals surface area contributed by atoms with E-state index in [0.29, 0.717) is 5.70 Å². The number of hydrogen-bond acceptors (Lipinski definition) is 2. The van der Waals surface area contributed by atoms with Crippen molar-refractivity contribution in [2.75, 3.05) is 7.11 Å². The molecule has 0 heterocycles. The molecule has 0 amide bonds. The van der Waals surface area contributed by atoms with Crippen molar-refractivity contribution < 1.29 is 4.74 Å². The Morgan fingerprint density at radius 3 is 2.44 bits per heavy atom. The van der Waals surface area contributed by atoms with Gasteiger partial charge in [0.15, 0.2) is 0 Å². The minimum absolute atomic E-state index is 0.625. The fourth-order valence-electron chi connectivity index (χ4n) is 0.580. The highest BCUT2D eigenvalue weighted by molar-refractivity contribution is 5.15. The van der Waals surface area contributed by atoms with E-state index in [1.807, 2.05) is 6.92 Å². The zero-order chi connectivity index (χ0) is 7.28. The summed E-state index contributed by atoms with van der Waals surface area (Å²) in [4.78, 5) is 0. The molecule has 0 unspecified atom stereocenters. The first-order chi connectivity index (χ1) is 4.26. The average Bonchev–Trinajstić information content (AvgIpc) is 1.90. The standard InChI is InChI=1S/C7H13NO/c1-4-6(8)7(5-2)9-3/h4H,1,5,8H2,2-3H3/b7-6-. The fourth-order valence-corrected chi connectivity index (χ4v) is 0.580. The number of allylic oxidation sites excluding steroid dienone is 2. The average molecular weight is 127 g/mol. The van der Waals surface area contributed by atoms with Gasteiger partial charge in [0.25, 0.3) is 0 Å². The second kappa shape index (κ2) is 4.01. The number of methoxy groups -OCH3 is 1. The maximum atomic E-state index is 5.47.